The van der Waals surface area contributed by atoms with Gasteiger partial charge in [0.05, 0.1) is 0 Å². The molecule has 1 fully saturated rings. The minimum atomic E-state index is -2.92. The molecular weight excluding hydrogens is 360 g/mol. The van der Waals surface area contributed by atoms with Gasteiger partial charge in [0.15, 0.2) is 11.5 Å². The number of benzene rings is 1. The van der Waals surface area contributed by atoms with Gasteiger partial charge in [-0.15, -0.1) is 0 Å². The Hall–Kier alpha value is -2.13. The Morgan fingerprint density at radius 3 is 2.85 bits per heavy atom. The molecule has 2 aliphatic heterocycles. The first kappa shape index (κ1) is 19.6. The number of piperidine rings is 1. The third-order valence-corrected chi connectivity index (χ3v) is 4.80. The van der Waals surface area contributed by atoms with E-state index < -0.39 is 6.61 Å². The van der Waals surface area contributed by atoms with Crippen molar-refractivity contribution in [3.63, 3.8) is 0 Å². The Morgan fingerprint density at radius 1 is 1.33 bits per heavy atom. The number of fused-ring (bicyclic) bond motifs is 1. The van der Waals surface area contributed by atoms with Crippen molar-refractivity contribution >= 4 is 5.91 Å². The summed E-state index contributed by atoms with van der Waals surface area (Å²) in [6.07, 6.45) is 3.30. The van der Waals surface area contributed by atoms with Crippen LogP contribution in [0.25, 0.3) is 0 Å². The Balaban J connectivity index is 1.72. The molecule has 0 aliphatic carbocycles. The molecule has 0 saturated carbocycles. The average molecular weight is 385 g/mol. The molecule has 1 aromatic carbocycles. The van der Waals surface area contributed by atoms with Crippen molar-refractivity contribution in [3.8, 4) is 17.2 Å². The topological polar surface area (TPSA) is 86.1 Å². The van der Waals surface area contributed by atoms with E-state index >= 15 is 0 Å². The van der Waals surface area contributed by atoms with Crippen LogP contribution in [0.1, 0.15) is 31.2 Å². The normalized spacial score (nSPS) is 19.3. The van der Waals surface area contributed by atoms with Gasteiger partial charge in [0.1, 0.15) is 5.75 Å². The standard InChI is InChI=1S/C18H25F2N3O4/c19-18(20)27-14-8-16-15(25-11-26-16)7-12(14)10-23-6-2-1-3-13(23)9-22-17(24)4-5-21/h7-8,13,18H,1-6,9-11,21H2,(H,22,24). The molecule has 0 spiro atoms. The van der Waals surface area contributed by atoms with E-state index in [0.717, 1.165) is 25.8 Å². The number of hydrogen-bond acceptors (Lipinski definition) is 6. The van der Waals surface area contributed by atoms with Gasteiger partial charge in [0, 0.05) is 43.7 Å². The molecule has 1 aromatic rings. The Labute approximate surface area is 156 Å². The fourth-order valence-electron chi connectivity index (χ4n) is 3.46. The van der Waals surface area contributed by atoms with E-state index in [4.69, 9.17) is 19.9 Å². The molecule has 1 saturated heterocycles. The molecule has 150 valence electrons. The van der Waals surface area contributed by atoms with Crippen LogP contribution in [-0.2, 0) is 11.3 Å². The number of nitrogens with zero attached hydrogens (tertiary/aromatic N) is 1. The van der Waals surface area contributed by atoms with Gasteiger partial charge < -0.3 is 25.3 Å². The summed E-state index contributed by atoms with van der Waals surface area (Å²) in [6.45, 7) is -0.792. The summed E-state index contributed by atoms with van der Waals surface area (Å²) in [5.74, 6) is 0.939. The molecule has 2 aliphatic rings. The van der Waals surface area contributed by atoms with E-state index in [1.54, 1.807) is 6.07 Å². The van der Waals surface area contributed by atoms with Gasteiger partial charge in [0.2, 0.25) is 12.7 Å². The number of hydrogen-bond donors (Lipinski definition) is 2. The van der Waals surface area contributed by atoms with Crippen LogP contribution in [0.3, 0.4) is 0 Å². The fourth-order valence-corrected chi connectivity index (χ4v) is 3.46. The van der Waals surface area contributed by atoms with Crippen molar-refractivity contribution in [1.82, 2.24) is 10.2 Å². The average Bonchev–Trinajstić information content (AvgIpc) is 3.08. The molecular formula is C18H25F2N3O4. The van der Waals surface area contributed by atoms with Gasteiger partial charge >= 0.3 is 6.61 Å². The van der Waals surface area contributed by atoms with E-state index in [-0.39, 0.29) is 24.5 Å². The monoisotopic (exact) mass is 385 g/mol. The van der Waals surface area contributed by atoms with E-state index in [1.807, 2.05) is 0 Å². The number of rotatable bonds is 8. The summed E-state index contributed by atoms with van der Waals surface area (Å²) >= 11 is 0. The molecule has 27 heavy (non-hydrogen) atoms. The molecule has 9 heteroatoms. The number of nitrogens with one attached hydrogen (secondary N) is 1. The molecule has 0 aromatic heterocycles. The van der Waals surface area contributed by atoms with Gasteiger partial charge in [-0.1, -0.05) is 6.42 Å². The number of halogens is 2. The lowest BCUT2D eigenvalue weighted by atomic mass is 10.0. The summed E-state index contributed by atoms with van der Waals surface area (Å²) in [5.41, 5.74) is 6.01. The SMILES string of the molecule is NCCC(=O)NCC1CCCCN1Cc1cc2c(cc1OC(F)F)OCO2. The number of alkyl halides is 2. The highest BCUT2D eigenvalue weighted by atomic mass is 19.3. The molecule has 0 radical (unpaired) electrons. The van der Waals surface area contributed by atoms with E-state index in [2.05, 4.69) is 10.2 Å². The summed E-state index contributed by atoms with van der Waals surface area (Å²) in [7, 11) is 0. The number of likely N-dealkylation sites (tertiary alicyclic amines) is 1. The maximum Gasteiger partial charge on any atom is 0.387 e. The van der Waals surface area contributed by atoms with Crippen molar-refractivity contribution in [1.29, 1.82) is 0 Å². The zero-order valence-corrected chi connectivity index (χ0v) is 15.1. The maximum absolute atomic E-state index is 12.8. The highest BCUT2D eigenvalue weighted by molar-refractivity contribution is 5.76. The number of carbonyl (C=O) groups excluding carboxylic acids is 1. The van der Waals surface area contributed by atoms with Crippen LogP contribution in [0.4, 0.5) is 8.78 Å². The zero-order valence-electron chi connectivity index (χ0n) is 15.1. The van der Waals surface area contributed by atoms with Crippen LogP contribution >= 0.6 is 0 Å². The molecule has 7 nitrogen and oxygen atoms in total. The van der Waals surface area contributed by atoms with Gasteiger partial charge in [-0.2, -0.15) is 8.78 Å². The Bertz CT molecular complexity index is 660. The van der Waals surface area contributed by atoms with Gasteiger partial charge in [-0.25, -0.2) is 0 Å². The van der Waals surface area contributed by atoms with Crippen molar-refractivity contribution in [3.05, 3.63) is 17.7 Å². The van der Waals surface area contributed by atoms with Crippen LogP contribution < -0.4 is 25.3 Å². The summed E-state index contributed by atoms with van der Waals surface area (Å²) in [5, 5.41) is 2.90. The van der Waals surface area contributed by atoms with Crippen molar-refractivity contribution in [2.45, 2.75) is 44.9 Å². The lowest BCUT2D eigenvalue weighted by Crippen LogP contribution is -2.46. The molecule has 0 bridgehead atoms. The largest absolute Gasteiger partial charge is 0.454 e. The van der Waals surface area contributed by atoms with Gasteiger partial charge in [0.25, 0.3) is 0 Å². The first-order chi connectivity index (χ1) is 13.1. The third-order valence-electron chi connectivity index (χ3n) is 4.80. The minimum absolute atomic E-state index is 0.0619. The number of ether oxygens (including phenoxy) is 3. The molecule has 2 heterocycles. The minimum Gasteiger partial charge on any atom is -0.454 e. The van der Waals surface area contributed by atoms with Crippen LogP contribution in [0.5, 0.6) is 17.2 Å². The second-order valence-electron chi connectivity index (χ2n) is 6.65. The van der Waals surface area contributed by atoms with Crippen LogP contribution in [0.15, 0.2) is 12.1 Å². The maximum atomic E-state index is 12.8. The molecule has 3 rings (SSSR count). The first-order valence-corrected chi connectivity index (χ1v) is 9.15. The van der Waals surface area contributed by atoms with Crippen LogP contribution in [0.2, 0.25) is 0 Å². The smallest absolute Gasteiger partial charge is 0.387 e. The van der Waals surface area contributed by atoms with Crippen LogP contribution in [0, 0.1) is 0 Å². The van der Waals surface area contributed by atoms with Gasteiger partial charge in [-0.05, 0) is 25.5 Å². The Kier molecular flexibility index (Phi) is 6.68. The lowest BCUT2D eigenvalue weighted by Gasteiger charge is -2.36. The van der Waals surface area contributed by atoms with Crippen molar-refractivity contribution < 1.29 is 27.8 Å². The first-order valence-electron chi connectivity index (χ1n) is 9.15. The highest BCUT2D eigenvalue weighted by Gasteiger charge is 2.26. The van der Waals surface area contributed by atoms with E-state index in [1.165, 1.54) is 6.07 Å². The predicted octanol–water partition coefficient (Wildman–Crippen LogP) is 1.84. The van der Waals surface area contributed by atoms with Crippen LogP contribution in [-0.4, -0.2) is 49.9 Å². The predicted molar refractivity (Wildman–Crippen MR) is 93.9 cm³/mol. The molecule has 1 amide bonds. The van der Waals surface area contributed by atoms with E-state index in [0.29, 0.717) is 43.1 Å². The number of nitrogens with two attached hydrogens (primary N) is 1. The van der Waals surface area contributed by atoms with Crippen molar-refractivity contribution in [2.24, 2.45) is 5.73 Å². The second-order valence-corrected chi connectivity index (χ2v) is 6.65. The number of amides is 1. The number of carbonyl (C=O) groups is 1. The lowest BCUT2D eigenvalue weighted by molar-refractivity contribution is -0.121. The molecule has 1 unspecified atom stereocenters. The summed E-state index contributed by atoms with van der Waals surface area (Å²) in [6, 6.07) is 3.27. The second kappa shape index (κ2) is 9.18. The summed E-state index contributed by atoms with van der Waals surface area (Å²) in [4.78, 5) is 13.9. The summed E-state index contributed by atoms with van der Waals surface area (Å²) < 4.78 is 41.0. The molecule has 1 atom stereocenters. The van der Waals surface area contributed by atoms with Gasteiger partial charge in [-0.3, -0.25) is 9.69 Å². The Morgan fingerprint density at radius 2 is 2.11 bits per heavy atom. The van der Waals surface area contributed by atoms with Crippen molar-refractivity contribution in [2.75, 3.05) is 26.4 Å². The fraction of sp³-hybridized carbons (Fsp3) is 0.611. The van der Waals surface area contributed by atoms with E-state index in [9.17, 15) is 13.6 Å². The quantitative estimate of drug-likeness (QED) is 0.710. The third kappa shape index (κ3) is 5.20. The highest BCUT2D eigenvalue weighted by Crippen LogP contribution is 2.39. The zero-order chi connectivity index (χ0) is 19.2. The molecule has 3 N–H and O–H groups in total.